The maximum Gasteiger partial charge on any atom is 0.134 e. The fourth-order valence-corrected chi connectivity index (χ4v) is 2.64. The molecule has 0 radical (unpaired) electrons. The molecule has 1 heterocycles. The van der Waals surface area contributed by atoms with Crippen molar-refractivity contribution >= 4 is 22.6 Å². The average molecular weight is 305 g/mol. The number of fused-ring (bicyclic) bond motifs is 1. The van der Waals surface area contributed by atoms with Crippen LogP contribution in [0, 0.1) is 5.82 Å². The molecule has 2 aromatic carbocycles. The number of para-hydroxylation sites is 1. The van der Waals surface area contributed by atoms with Gasteiger partial charge in [0, 0.05) is 16.0 Å². The second-order valence-electron chi connectivity index (χ2n) is 4.85. The average Bonchev–Trinajstić information content (AvgIpc) is 2.92. The Bertz CT molecular complexity index is 772. The third-order valence-electron chi connectivity index (χ3n) is 3.52. The number of furan rings is 1. The van der Waals surface area contributed by atoms with Crippen molar-refractivity contribution in [3.63, 3.8) is 0 Å². The van der Waals surface area contributed by atoms with Crippen molar-refractivity contribution in [1.82, 2.24) is 5.43 Å². The minimum atomic E-state index is -0.299. The Labute approximate surface area is 126 Å². The van der Waals surface area contributed by atoms with E-state index in [1.807, 2.05) is 24.3 Å². The van der Waals surface area contributed by atoms with Crippen molar-refractivity contribution in [2.45, 2.75) is 12.5 Å². The number of nitrogens with two attached hydrogens (primary N) is 1. The Balaban J connectivity index is 1.97. The van der Waals surface area contributed by atoms with Gasteiger partial charge in [-0.15, -0.1) is 0 Å². The van der Waals surface area contributed by atoms with E-state index in [-0.39, 0.29) is 11.9 Å². The first-order chi connectivity index (χ1) is 10.2. The molecule has 108 valence electrons. The molecule has 3 N–H and O–H groups in total. The van der Waals surface area contributed by atoms with E-state index in [1.54, 1.807) is 12.3 Å². The highest BCUT2D eigenvalue weighted by Crippen LogP contribution is 2.29. The van der Waals surface area contributed by atoms with Crippen LogP contribution in [0.2, 0.25) is 5.02 Å². The van der Waals surface area contributed by atoms with E-state index in [2.05, 4.69) is 5.43 Å². The third kappa shape index (κ3) is 2.78. The first kappa shape index (κ1) is 14.1. The van der Waals surface area contributed by atoms with Crippen LogP contribution in [0.25, 0.3) is 11.0 Å². The second-order valence-corrected chi connectivity index (χ2v) is 5.28. The number of hydrazine groups is 1. The van der Waals surface area contributed by atoms with E-state index in [4.69, 9.17) is 21.9 Å². The highest BCUT2D eigenvalue weighted by atomic mass is 35.5. The van der Waals surface area contributed by atoms with Gasteiger partial charge < -0.3 is 4.42 Å². The van der Waals surface area contributed by atoms with Crippen LogP contribution in [0.1, 0.15) is 17.2 Å². The van der Waals surface area contributed by atoms with Crippen LogP contribution in [0.4, 0.5) is 4.39 Å². The molecule has 5 heteroatoms. The molecule has 0 bridgehead atoms. The van der Waals surface area contributed by atoms with Gasteiger partial charge in [-0.3, -0.25) is 11.3 Å². The standard InChI is InChI=1S/C16H14ClFN2O/c17-11-5-6-14(18)10(7-11)8-15(20-19)13-9-21-16-4-2-1-3-12(13)16/h1-7,9,15,20H,8,19H2. The van der Waals surface area contributed by atoms with Gasteiger partial charge in [0.1, 0.15) is 11.4 Å². The summed E-state index contributed by atoms with van der Waals surface area (Å²) in [6.07, 6.45) is 2.03. The molecule has 0 fully saturated rings. The Morgan fingerprint density at radius 2 is 2.05 bits per heavy atom. The van der Waals surface area contributed by atoms with E-state index < -0.39 is 0 Å². The number of nitrogens with one attached hydrogen (secondary N) is 1. The van der Waals surface area contributed by atoms with Gasteiger partial charge in [0.15, 0.2) is 0 Å². The van der Waals surface area contributed by atoms with Crippen molar-refractivity contribution in [2.75, 3.05) is 0 Å². The monoisotopic (exact) mass is 304 g/mol. The molecule has 3 rings (SSSR count). The first-order valence-electron chi connectivity index (χ1n) is 6.55. The van der Waals surface area contributed by atoms with Gasteiger partial charge >= 0.3 is 0 Å². The summed E-state index contributed by atoms with van der Waals surface area (Å²) in [5.41, 5.74) is 4.90. The molecule has 0 aliphatic rings. The molecule has 0 aliphatic heterocycles. The lowest BCUT2D eigenvalue weighted by Crippen LogP contribution is -2.29. The third-order valence-corrected chi connectivity index (χ3v) is 3.75. The Morgan fingerprint density at radius 3 is 2.86 bits per heavy atom. The van der Waals surface area contributed by atoms with Gasteiger partial charge in [-0.2, -0.15) is 0 Å². The van der Waals surface area contributed by atoms with Gasteiger partial charge in [-0.05, 0) is 36.2 Å². The van der Waals surface area contributed by atoms with Crippen molar-refractivity contribution in [2.24, 2.45) is 5.84 Å². The van der Waals surface area contributed by atoms with Crippen molar-refractivity contribution < 1.29 is 8.81 Å². The quantitative estimate of drug-likeness (QED) is 0.566. The van der Waals surface area contributed by atoms with Crippen molar-refractivity contribution in [1.29, 1.82) is 0 Å². The normalized spacial score (nSPS) is 12.7. The molecule has 0 saturated carbocycles. The molecule has 3 nitrogen and oxygen atoms in total. The fraction of sp³-hybridized carbons (Fsp3) is 0.125. The molecular weight excluding hydrogens is 291 g/mol. The van der Waals surface area contributed by atoms with Gasteiger partial charge in [0.2, 0.25) is 0 Å². The number of hydrogen-bond acceptors (Lipinski definition) is 3. The molecule has 1 atom stereocenters. The second kappa shape index (κ2) is 5.85. The highest BCUT2D eigenvalue weighted by molar-refractivity contribution is 6.30. The number of halogens is 2. The summed E-state index contributed by atoms with van der Waals surface area (Å²) in [7, 11) is 0. The van der Waals surface area contributed by atoms with Gasteiger partial charge in [0.25, 0.3) is 0 Å². The minimum absolute atomic E-state index is 0.262. The smallest absolute Gasteiger partial charge is 0.134 e. The molecule has 0 saturated heterocycles. The molecule has 1 unspecified atom stereocenters. The predicted octanol–water partition coefficient (Wildman–Crippen LogP) is 3.97. The van der Waals surface area contributed by atoms with Crippen LogP contribution in [0.15, 0.2) is 53.1 Å². The molecule has 21 heavy (non-hydrogen) atoms. The first-order valence-corrected chi connectivity index (χ1v) is 6.93. The molecular formula is C16H14ClFN2O. The molecule has 3 aromatic rings. The lowest BCUT2D eigenvalue weighted by molar-refractivity contribution is 0.520. The topological polar surface area (TPSA) is 51.2 Å². The number of hydrogen-bond donors (Lipinski definition) is 2. The zero-order valence-corrected chi connectivity index (χ0v) is 11.9. The minimum Gasteiger partial charge on any atom is -0.464 e. The van der Waals surface area contributed by atoms with Gasteiger partial charge in [-0.1, -0.05) is 29.8 Å². The van der Waals surface area contributed by atoms with E-state index in [0.29, 0.717) is 17.0 Å². The summed E-state index contributed by atoms with van der Waals surface area (Å²) < 4.78 is 19.4. The van der Waals surface area contributed by atoms with Gasteiger partial charge in [-0.25, -0.2) is 4.39 Å². The number of rotatable bonds is 4. The summed E-state index contributed by atoms with van der Waals surface area (Å²) >= 11 is 5.93. The van der Waals surface area contributed by atoms with E-state index in [0.717, 1.165) is 16.5 Å². The van der Waals surface area contributed by atoms with Crippen molar-refractivity contribution in [3.8, 4) is 0 Å². The lowest BCUT2D eigenvalue weighted by Gasteiger charge is -2.15. The molecule has 0 spiro atoms. The zero-order chi connectivity index (χ0) is 14.8. The Kier molecular flexibility index (Phi) is 3.92. The van der Waals surface area contributed by atoms with Gasteiger partial charge in [0.05, 0.1) is 12.3 Å². The van der Waals surface area contributed by atoms with Crippen LogP contribution in [0.5, 0.6) is 0 Å². The molecule has 1 aromatic heterocycles. The molecule has 0 aliphatic carbocycles. The van der Waals surface area contributed by atoms with E-state index in [1.165, 1.54) is 12.1 Å². The summed E-state index contributed by atoms with van der Waals surface area (Å²) in [6, 6.07) is 11.9. The summed E-state index contributed by atoms with van der Waals surface area (Å²) in [4.78, 5) is 0. The summed E-state index contributed by atoms with van der Waals surface area (Å²) in [5, 5.41) is 1.46. The van der Waals surface area contributed by atoms with E-state index >= 15 is 0 Å². The van der Waals surface area contributed by atoms with Crippen LogP contribution in [0.3, 0.4) is 0 Å². The highest BCUT2D eigenvalue weighted by Gasteiger charge is 2.18. The van der Waals surface area contributed by atoms with E-state index in [9.17, 15) is 4.39 Å². The summed E-state index contributed by atoms with van der Waals surface area (Å²) in [6.45, 7) is 0. The maximum absolute atomic E-state index is 13.9. The zero-order valence-electron chi connectivity index (χ0n) is 11.1. The Hall–Kier alpha value is -1.88. The lowest BCUT2D eigenvalue weighted by atomic mass is 9.98. The predicted molar refractivity (Wildman–Crippen MR) is 81.4 cm³/mol. The van der Waals surface area contributed by atoms with Crippen LogP contribution in [-0.4, -0.2) is 0 Å². The molecule has 0 amide bonds. The van der Waals surface area contributed by atoms with Crippen LogP contribution in [-0.2, 0) is 6.42 Å². The maximum atomic E-state index is 13.9. The summed E-state index contributed by atoms with van der Waals surface area (Å²) in [5.74, 6) is 5.35. The van der Waals surface area contributed by atoms with Crippen molar-refractivity contribution in [3.05, 3.63) is 70.7 Å². The van der Waals surface area contributed by atoms with Crippen LogP contribution < -0.4 is 11.3 Å². The largest absolute Gasteiger partial charge is 0.464 e. The van der Waals surface area contributed by atoms with Crippen LogP contribution >= 0.6 is 11.6 Å². The fourth-order valence-electron chi connectivity index (χ4n) is 2.45. The Morgan fingerprint density at radius 1 is 1.24 bits per heavy atom. The SMILES string of the molecule is NNC(Cc1cc(Cl)ccc1F)c1coc2ccccc12. The number of benzene rings is 2.